The van der Waals surface area contributed by atoms with Crippen LogP contribution in [0.15, 0.2) is 218 Å². The van der Waals surface area contributed by atoms with Crippen LogP contribution in [-0.4, -0.2) is 73.7 Å². The first kappa shape index (κ1) is 72.4. The minimum absolute atomic E-state index is 0. The summed E-state index contributed by atoms with van der Waals surface area (Å²) in [6, 6.07) is 79.0. The van der Waals surface area contributed by atoms with Gasteiger partial charge in [0.2, 0.25) is 0 Å². The monoisotopic (exact) mass is 1460 g/mol. The molecule has 9 fully saturated rings. The van der Waals surface area contributed by atoms with Crippen LogP contribution >= 0.6 is 0 Å². The predicted molar refractivity (Wildman–Crippen MR) is 416 cm³/mol. The van der Waals surface area contributed by atoms with E-state index in [1.807, 2.05) is 0 Å². The van der Waals surface area contributed by atoms with Gasteiger partial charge in [-0.05, 0) is 121 Å². The minimum Gasteiger partial charge on any atom is -0.486 e. The number of fused-ring (bicyclic) bond motifs is 20. The quantitative estimate of drug-likeness (QED) is 0.0438. The van der Waals surface area contributed by atoms with Crippen molar-refractivity contribution in [2.45, 2.75) is 228 Å². The molecule has 1 radical (unpaired) electrons. The molecule has 8 bridgehead atoms. The van der Waals surface area contributed by atoms with E-state index in [1.165, 1.54) is 86.5 Å². The molecule has 9 aliphatic rings. The van der Waals surface area contributed by atoms with Gasteiger partial charge >= 0.3 is 17.1 Å². The molecule has 553 valence electrons. The van der Waals surface area contributed by atoms with E-state index in [-0.39, 0.29) is 78.2 Å². The Morgan fingerprint density at radius 2 is 0.410 bits per heavy atom. The zero-order valence-corrected chi connectivity index (χ0v) is 63.7. The van der Waals surface area contributed by atoms with E-state index in [0.29, 0.717) is 35.5 Å². The molecule has 8 aromatic carbocycles. The second-order valence-electron chi connectivity index (χ2n) is 34.4. The number of hydrogen-bond donors (Lipinski definition) is 8. The molecule has 0 amide bonds. The summed E-state index contributed by atoms with van der Waals surface area (Å²) in [6.07, 6.45) is 11.5. The molecular formula is C92H112CuN8O4+2. The number of ether oxygens (including phenoxy) is 4. The van der Waals surface area contributed by atoms with E-state index in [0.717, 1.165) is 58.1 Å². The van der Waals surface area contributed by atoms with Gasteiger partial charge < -0.3 is 18.9 Å². The molecule has 17 rings (SSSR count). The fraction of sp³-hybridized carbons (Fsp3) is 0.478. The summed E-state index contributed by atoms with van der Waals surface area (Å²) >= 11 is 0. The zero-order valence-electron chi connectivity index (χ0n) is 62.8. The Kier molecular flexibility index (Phi) is 20.6. The Morgan fingerprint density at radius 1 is 0.229 bits per heavy atom. The van der Waals surface area contributed by atoms with Gasteiger partial charge in [0, 0.05) is 55.7 Å². The van der Waals surface area contributed by atoms with E-state index < -0.39 is 46.1 Å². The molecule has 20 unspecified atom stereocenters. The van der Waals surface area contributed by atoms with Crippen molar-refractivity contribution in [2.75, 3.05) is 0 Å². The molecule has 0 aromatic heterocycles. The summed E-state index contributed by atoms with van der Waals surface area (Å²) in [6.45, 7) is 18.7. The van der Waals surface area contributed by atoms with Crippen LogP contribution in [0, 0.1) is 47.3 Å². The maximum Gasteiger partial charge on any atom is 2.00 e. The van der Waals surface area contributed by atoms with Gasteiger partial charge in [0.25, 0.3) is 0 Å². The Labute approximate surface area is 635 Å². The molecule has 20 atom stereocenters. The van der Waals surface area contributed by atoms with Gasteiger partial charge in [-0.3, -0.25) is 42.5 Å². The van der Waals surface area contributed by atoms with Crippen molar-refractivity contribution in [2.24, 2.45) is 47.3 Å². The van der Waals surface area contributed by atoms with Gasteiger partial charge in [0.1, 0.15) is 35.2 Å². The zero-order chi connectivity index (χ0) is 70.9. The molecule has 8 aromatic rings. The Hall–Kier alpha value is -6.84. The second-order valence-corrected chi connectivity index (χ2v) is 34.4. The van der Waals surface area contributed by atoms with Crippen LogP contribution in [0.1, 0.15) is 177 Å². The smallest absolute Gasteiger partial charge is 0.486 e. The second kappa shape index (κ2) is 30.0. The van der Waals surface area contributed by atoms with E-state index in [4.69, 9.17) is 18.9 Å². The fourth-order valence-electron chi connectivity index (χ4n) is 21.5. The molecule has 0 spiro atoms. The van der Waals surface area contributed by atoms with Crippen LogP contribution in [0.5, 0.6) is 23.0 Å². The van der Waals surface area contributed by atoms with Gasteiger partial charge in [0.15, 0.2) is 12.2 Å². The molecule has 105 heavy (non-hydrogen) atoms. The SMILES string of the molecule is CC(C)(c1ccccc1)c1ccccc1OC1C(Oc2ccccc2C(C)(C)c2ccccc2)C(Oc2ccccc2C(C)(C)c2ccccc2)C2C3NC4NC(NC5NC(NC6NC(NC(N3)C2C1Oc1ccccc1C(C)(C)c1ccccc1)C1CCCCC61)C1CCCCC51)C1CCCCC41.[Cu+2]. The molecule has 13 heteroatoms. The van der Waals surface area contributed by atoms with Gasteiger partial charge in [-0.1, -0.05) is 288 Å². The number of para-hydroxylation sites is 4. The fourth-order valence-corrected chi connectivity index (χ4v) is 21.5. The van der Waals surface area contributed by atoms with E-state index in [2.05, 4.69) is 316 Å². The van der Waals surface area contributed by atoms with Crippen molar-refractivity contribution in [3.63, 3.8) is 0 Å². The molecule has 4 saturated carbocycles. The molecule has 4 aliphatic carbocycles. The van der Waals surface area contributed by atoms with E-state index in [1.54, 1.807) is 0 Å². The first-order chi connectivity index (χ1) is 50.6. The Morgan fingerprint density at radius 3 is 0.638 bits per heavy atom. The standard InChI is InChI=1S/C92H112N8O4.Cu/c1-89(2,57-35-13-9-14-36-57)67-49-27-31-53-71(67)101-77-75-76(88-99-86-66-48-26-24-46-64(66)84(97-86)95-82-62-44-22-21-43-61(62)81(93-82)94-83-63-45-23-25-47-65(63)85(96-83)98-87(75)100-88)78(102-72-54-32-28-50-68(72)90(3,4)58-37-15-10-16-38-58)80(104-74-56-34-30-52-70(74)92(7,8)60-41-19-12-20-42-60)79(77)103-73-55-33-29-51-69(73)91(5,6)59-39-17-11-18-40-59;/h9-20,27-42,49-56,61-66,75-88,93-100H,21-26,43-48H2,1-8H3;/q;+2. The van der Waals surface area contributed by atoms with Crippen LogP contribution in [0.4, 0.5) is 0 Å². The van der Waals surface area contributed by atoms with Crippen molar-refractivity contribution in [3.05, 3.63) is 263 Å². The number of benzene rings is 8. The third-order valence-electron chi connectivity index (χ3n) is 27.3. The minimum atomic E-state index is -0.831. The number of rotatable bonds is 16. The van der Waals surface area contributed by atoms with Crippen molar-refractivity contribution in [1.82, 2.24) is 42.5 Å². The normalized spacial score (nSPS) is 32.3. The molecule has 5 saturated heterocycles. The molecule has 5 aliphatic heterocycles. The first-order valence-electron chi connectivity index (χ1n) is 39.9. The third kappa shape index (κ3) is 13.6. The number of hydrogen-bond acceptors (Lipinski definition) is 12. The molecule has 8 N–H and O–H groups in total. The summed E-state index contributed by atoms with van der Waals surface area (Å²) < 4.78 is 34.0. The first-order valence-corrected chi connectivity index (χ1v) is 39.9. The van der Waals surface area contributed by atoms with Gasteiger partial charge in [-0.2, -0.15) is 0 Å². The van der Waals surface area contributed by atoms with Crippen LogP contribution in [0.3, 0.4) is 0 Å². The van der Waals surface area contributed by atoms with Gasteiger partial charge in [0.05, 0.1) is 49.3 Å². The Balaban J connectivity index is 0.00000847. The Bertz CT molecular complexity index is 3970. The van der Waals surface area contributed by atoms with E-state index >= 15 is 0 Å². The van der Waals surface area contributed by atoms with Crippen LogP contribution in [-0.2, 0) is 38.7 Å². The predicted octanol–water partition coefficient (Wildman–Crippen LogP) is 16.1. The van der Waals surface area contributed by atoms with Crippen molar-refractivity contribution >= 4 is 0 Å². The molecule has 12 nitrogen and oxygen atoms in total. The maximum absolute atomic E-state index is 8.53. The summed E-state index contributed by atoms with van der Waals surface area (Å²) in [4.78, 5) is 0. The average Bonchev–Trinajstić information content (AvgIpc) is 1.60. The van der Waals surface area contributed by atoms with Gasteiger partial charge in [-0.15, -0.1) is 0 Å². The van der Waals surface area contributed by atoms with Crippen LogP contribution < -0.4 is 61.5 Å². The van der Waals surface area contributed by atoms with Crippen molar-refractivity contribution in [3.8, 4) is 23.0 Å². The van der Waals surface area contributed by atoms with Crippen molar-refractivity contribution < 1.29 is 36.0 Å². The summed E-state index contributed by atoms with van der Waals surface area (Å²) in [5.41, 5.74) is 7.22. The summed E-state index contributed by atoms with van der Waals surface area (Å²) in [5.74, 6) is 5.31. The largest absolute Gasteiger partial charge is 2.00 e. The van der Waals surface area contributed by atoms with E-state index in [9.17, 15) is 0 Å². The molecule has 5 heterocycles. The third-order valence-corrected chi connectivity index (χ3v) is 27.3. The van der Waals surface area contributed by atoms with Crippen LogP contribution in [0.2, 0.25) is 0 Å². The summed E-state index contributed by atoms with van der Waals surface area (Å²) in [7, 11) is 0. The maximum atomic E-state index is 8.53. The average molecular weight is 1460 g/mol. The van der Waals surface area contributed by atoms with Crippen LogP contribution in [0.25, 0.3) is 0 Å². The van der Waals surface area contributed by atoms with Gasteiger partial charge in [-0.25, -0.2) is 0 Å². The number of nitrogens with one attached hydrogen (secondary N) is 8. The molecular weight excluding hydrogens is 1340 g/mol. The van der Waals surface area contributed by atoms with Crippen molar-refractivity contribution in [1.29, 1.82) is 0 Å². The summed E-state index contributed by atoms with van der Waals surface area (Å²) in [5, 5.41) is 35.8. The topological polar surface area (TPSA) is 133 Å².